The van der Waals surface area contributed by atoms with Gasteiger partial charge in [0.25, 0.3) is 6.43 Å². The smallest absolute Gasteiger partial charge is 1.00 e. The van der Waals surface area contributed by atoms with E-state index < -0.39 is 37.1 Å². The molecule has 0 saturated heterocycles. The van der Waals surface area contributed by atoms with Gasteiger partial charge in [0, 0.05) is 0 Å². The van der Waals surface area contributed by atoms with Crippen LogP contribution in [0.3, 0.4) is 0 Å². The average molecular weight is 247 g/mol. The van der Waals surface area contributed by atoms with E-state index in [4.69, 9.17) is 9.07 Å². The van der Waals surface area contributed by atoms with Crippen molar-refractivity contribution in [1.82, 2.24) is 0 Å². The van der Waals surface area contributed by atoms with Gasteiger partial charge in [-0.15, -0.1) is 3.69 Å². The van der Waals surface area contributed by atoms with E-state index in [9.17, 15) is 13.2 Å². The van der Waals surface area contributed by atoms with Crippen LogP contribution in [0.5, 0.6) is 0 Å². The van der Waals surface area contributed by atoms with Crippen LogP contribution in [-0.2, 0) is 0 Å². The van der Waals surface area contributed by atoms with E-state index in [0.29, 0.717) is 3.69 Å². The molecule has 1 rings (SSSR count). The maximum Gasteiger partial charge on any atom is 1.00 e. The summed E-state index contributed by atoms with van der Waals surface area (Å²) in [6.45, 7) is 0. The van der Waals surface area contributed by atoms with Crippen LogP contribution in [0.25, 0.3) is 0 Å². The zero-order valence-electron chi connectivity index (χ0n) is 7.41. The summed E-state index contributed by atoms with van der Waals surface area (Å²) in [6, 6.07) is 3.62. The van der Waals surface area contributed by atoms with Gasteiger partial charge in [-0.2, -0.15) is 0 Å². The molecule has 0 saturated carbocycles. The molecule has 0 radical (unpaired) electrons. The molecule has 0 aliphatic rings. The average Bonchev–Trinajstić information content (AvgIpc) is 2.03. The molecular formula is C7H4Cl2F3LiMg. The zero-order valence-corrected chi connectivity index (χ0v) is 10.3. The van der Waals surface area contributed by atoms with Gasteiger partial charge in [-0.25, -0.2) is 13.2 Å². The Bertz CT molecular complexity index is 286. The normalized spacial score (nSPS) is 8.64. The van der Waals surface area contributed by atoms with Gasteiger partial charge in [-0.1, -0.05) is 12.1 Å². The number of hydrogen-bond donors (Lipinski definition) is 0. The minimum absolute atomic E-state index is 0. The quantitative estimate of drug-likeness (QED) is 0.471. The third-order valence-corrected chi connectivity index (χ3v) is 3.13. The van der Waals surface area contributed by atoms with Crippen molar-refractivity contribution >= 4 is 32.0 Å². The molecule has 0 unspecified atom stereocenters. The first kappa shape index (κ1) is 17.4. The molecule has 0 spiro atoms. The van der Waals surface area contributed by atoms with Gasteiger partial charge in [0.2, 0.25) is 0 Å². The van der Waals surface area contributed by atoms with Gasteiger partial charge in [0.1, 0.15) is 5.82 Å². The number of rotatable bonds is 2. The first-order valence-electron chi connectivity index (χ1n) is 3.27. The Morgan fingerprint density at radius 2 is 1.86 bits per heavy atom. The molecule has 0 heterocycles. The molecule has 0 nitrogen and oxygen atoms in total. The third kappa shape index (κ3) is 4.65. The van der Waals surface area contributed by atoms with E-state index >= 15 is 0 Å². The first-order valence-corrected chi connectivity index (χ1v) is 6.12. The van der Waals surface area contributed by atoms with Crippen molar-refractivity contribution in [3.63, 3.8) is 0 Å². The van der Waals surface area contributed by atoms with Gasteiger partial charge in [-0.05, 0) is 6.07 Å². The molecular weight excluding hydrogens is 243 g/mol. The molecule has 1 aromatic carbocycles. The van der Waals surface area contributed by atoms with Crippen LogP contribution in [0.2, 0.25) is 0 Å². The Labute approximate surface area is 112 Å². The molecule has 0 aliphatic heterocycles. The summed E-state index contributed by atoms with van der Waals surface area (Å²) in [5.41, 5.74) is -0.558. The molecule has 7 heteroatoms. The van der Waals surface area contributed by atoms with Crippen LogP contribution in [-0.4, -0.2) is 19.3 Å². The zero-order chi connectivity index (χ0) is 9.14. The summed E-state index contributed by atoms with van der Waals surface area (Å²) in [4.78, 5) is 0. The van der Waals surface area contributed by atoms with Crippen LogP contribution >= 0.6 is 9.07 Å². The van der Waals surface area contributed by atoms with Crippen LogP contribution in [0, 0.1) is 5.82 Å². The van der Waals surface area contributed by atoms with Gasteiger partial charge in [-0.3, -0.25) is 0 Å². The van der Waals surface area contributed by atoms with Crippen molar-refractivity contribution in [1.29, 1.82) is 0 Å². The second-order valence-electron chi connectivity index (χ2n) is 2.29. The monoisotopic (exact) mass is 246 g/mol. The van der Waals surface area contributed by atoms with Crippen LogP contribution in [0.15, 0.2) is 18.2 Å². The second kappa shape index (κ2) is 8.15. The Morgan fingerprint density at radius 1 is 1.29 bits per heavy atom. The number of benzene rings is 1. The topological polar surface area (TPSA) is 0 Å². The first-order chi connectivity index (χ1) is 5.65. The fraction of sp³-hybridized carbons (Fsp3) is 0.143. The molecule has 14 heavy (non-hydrogen) atoms. The molecule has 0 bridgehead atoms. The molecule has 1 aromatic rings. The Balaban J connectivity index is 0. The largest absolute Gasteiger partial charge is 1.00 e. The summed E-state index contributed by atoms with van der Waals surface area (Å²) < 4.78 is 37.4. The summed E-state index contributed by atoms with van der Waals surface area (Å²) >= 11 is -0.983. The molecule has 70 valence electrons. The van der Waals surface area contributed by atoms with Crippen molar-refractivity contribution in [2.45, 2.75) is 6.43 Å². The maximum atomic E-state index is 12.8. The van der Waals surface area contributed by atoms with E-state index in [0.717, 1.165) is 12.1 Å². The molecule has 0 fully saturated rings. The number of hydrogen-bond acceptors (Lipinski definition) is 0. The minimum Gasteiger partial charge on any atom is -1.00 e. The van der Waals surface area contributed by atoms with E-state index in [2.05, 4.69) is 0 Å². The molecule has 0 amide bonds. The van der Waals surface area contributed by atoms with Crippen molar-refractivity contribution in [2.75, 3.05) is 0 Å². The maximum absolute atomic E-state index is 12.8. The van der Waals surface area contributed by atoms with Crippen molar-refractivity contribution in [3.8, 4) is 0 Å². The molecule has 0 atom stereocenters. The van der Waals surface area contributed by atoms with Gasteiger partial charge >= 0.3 is 38.1 Å². The Hall–Kier alpha value is 0.954. The van der Waals surface area contributed by atoms with Gasteiger partial charge in [0.15, 0.2) is 0 Å². The van der Waals surface area contributed by atoms with Crippen LogP contribution in [0.1, 0.15) is 12.0 Å². The third-order valence-electron chi connectivity index (χ3n) is 1.45. The van der Waals surface area contributed by atoms with Gasteiger partial charge < -0.3 is 21.5 Å². The standard InChI is InChI=1S/C7H4F3.2ClH.Li.Mg/c8-6-4-2-1-3-5(6)7(9)10;;;;/h1,3-4,7H;2*1H;;/q;;;2*+1/p-2. The van der Waals surface area contributed by atoms with E-state index in [1.807, 2.05) is 0 Å². The fourth-order valence-corrected chi connectivity index (χ4v) is 1.79. The number of alkyl halides is 2. The number of halogens is 5. The minimum atomic E-state index is -2.75. The van der Waals surface area contributed by atoms with Crippen molar-refractivity contribution < 1.29 is 44.4 Å². The Morgan fingerprint density at radius 3 is 2.21 bits per heavy atom. The molecule has 0 N–H and O–H groups in total. The SMILES string of the molecule is Fc1c[c]([Mg][Cl])ccc1C(F)F.[Cl-].[Li+]. The second-order valence-corrected chi connectivity index (χ2v) is 4.18. The van der Waals surface area contributed by atoms with Crippen molar-refractivity contribution in [3.05, 3.63) is 29.6 Å². The predicted octanol–water partition coefficient (Wildman–Crippen LogP) is -3.75. The molecule has 0 aliphatic carbocycles. The van der Waals surface area contributed by atoms with Crippen LogP contribution < -0.4 is 35.0 Å². The van der Waals surface area contributed by atoms with Crippen molar-refractivity contribution in [2.24, 2.45) is 0 Å². The fourth-order valence-electron chi connectivity index (χ4n) is 0.831. The summed E-state index contributed by atoms with van der Waals surface area (Å²) in [5.74, 6) is -0.865. The van der Waals surface area contributed by atoms with E-state index in [1.54, 1.807) is 0 Å². The Kier molecular flexibility index (Phi) is 10.1. The predicted molar refractivity (Wildman–Crippen MR) is 42.6 cm³/mol. The molecule has 0 aromatic heterocycles. The van der Waals surface area contributed by atoms with Gasteiger partial charge in [0.05, 0.1) is 5.56 Å². The summed E-state index contributed by atoms with van der Waals surface area (Å²) in [6.07, 6.45) is -2.75. The summed E-state index contributed by atoms with van der Waals surface area (Å²) in [5, 5.41) is 0. The van der Waals surface area contributed by atoms with Crippen LogP contribution in [0.4, 0.5) is 13.2 Å². The van der Waals surface area contributed by atoms with E-state index in [-0.39, 0.29) is 31.3 Å². The van der Waals surface area contributed by atoms with E-state index in [1.165, 1.54) is 6.07 Å². The summed E-state index contributed by atoms with van der Waals surface area (Å²) in [7, 11) is 5.52.